The smallest absolute Gasteiger partial charge is 0.250 e. The molecule has 0 fully saturated rings. The molecule has 1 amide bonds. The van der Waals surface area contributed by atoms with E-state index in [9.17, 15) is 4.79 Å². The van der Waals surface area contributed by atoms with E-state index in [0.717, 1.165) is 24.2 Å². The molecule has 0 unspecified atom stereocenters. The third-order valence-electron chi connectivity index (χ3n) is 3.88. The van der Waals surface area contributed by atoms with Gasteiger partial charge in [-0.05, 0) is 41.8 Å². The van der Waals surface area contributed by atoms with Gasteiger partial charge in [0.25, 0.3) is 0 Å². The van der Waals surface area contributed by atoms with E-state index < -0.39 is 0 Å². The summed E-state index contributed by atoms with van der Waals surface area (Å²) in [5, 5.41) is 2.89. The summed E-state index contributed by atoms with van der Waals surface area (Å²) in [4.78, 5) is 12.0. The molecule has 3 aromatic rings. The van der Waals surface area contributed by atoms with Crippen molar-refractivity contribution in [3.05, 3.63) is 90.3 Å². The Hall–Kier alpha value is -2.85. The molecule has 0 atom stereocenters. The van der Waals surface area contributed by atoms with Crippen LogP contribution in [0.5, 0.6) is 0 Å². The number of nitrogens with zero attached hydrogens (tertiary/aromatic N) is 1. The van der Waals surface area contributed by atoms with Crippen LogP contribution < -0.4 is 5.32 Å². The molecule has 3 rings (SSSR count). The maximum Gasteiger partial charge on any atom is 0.250 e. The number of ether oxygens (including phenoxy) is 1. The first kappa shape index (κ1) is 17.0. The molecule has 1 heterocycles. The molecule has 0 saturated carbocycles. The van der Waals surface area contributed by atoms with Gasteiger partial charge in [-0.2, -0.15) is 0 Å². The molecule has 0 aliphatic carbocycles. The van der Waals surface area contributed by atoms with E-state index >= 15 is 0 Å². The van der Waals surface area contributed by atoms with Crippen molar-refractivity contribution in [3.8, 4) is 0 Å². The van der Waals surface area contributed by atoms with Gasteiger partial charge < -0.3 is 14.6 Å². The van der Waals surface area contributed by atoms with Crippen LogP contribution in [0, 0.1) is 0 Å². The molecule has 0 saturated heterocycles. The van der Waals surface area contributed by atoms with Crippen molar-refractivity contribution in [2.24, 2.45) is 0 Å². The zero-order valence-electron chi connectivity index (χ0n) is 14.1. The maximum atomic E-state index is 12.0. The number of carbonyl (C=O) groups excluding carboxylic acids is 1. The Bertz CT molecular complexity index is 783. The average Bonchev–Trinajstić information content (AvgIpc) is 3.15. The summed E-state index contributed by atoms with van der Waals surface area (Å²) in [6.07, 6.45) is 5.02. The lowest BCUT2D eigenvalue weighted by Gasteiger charge is -2.09. The topological polar surface area (TPSA) is 43.3 Å². The van der Waals surface area contributed by atoms with Gasteiger partial charge >= 0.3 is 0 Å². The van der Waals surface area contributed by atoms with Crippen LogP contribution in [0.25, 0.3) is 0 Å². The minimum Gasteiger partial charge on any atom is -0.367 e. The second-order valence-electron chi connectivity index (χ2n) is 5.90. The van der Waals surface area contributed by atoms with Gasteiger partial charge in [0, 0.05) is 24.6 Å². The van der Waals surface area contributed by atoms with Crippen molar-refractivity contribution >= 4 is 11.6 Å². The Labute approximate surface area is 148 Å². The van der Waals surface area contributed by atoms with E-state index in [1.807, 2.05) is 60.7 Å². The van der Waals surface area contributed by atoms with Crippen LogP contribution in [0.1, 0.15) is 11.1 Å². The van der Waals surface area contributed by atoms with Gasteiger partial charge in [0.2, 0.25) is 5.91 Å². The van der Waals surface area contributed by atoms with Crippen molar-refractivity contribution in [2.75, 3.05) is 11.9 Å². The zero-order valence-corrected chi connectivity index (χ0v) is 14.1. The highest BCUT2D eigenvalue weighted by Gasteiger charge is 2.04. The Morgan fingerprint density at radius 3 is 2.48 bits per heavy atom. The summed E-state index contributed by atoms with van der Waals surface area (Å²) in [6.45, 7) is 1.40. The summed E-state index contributed by atoms with van der Waals surface area (Å²) < 4.78 is 7.61. The molecular weight excluding hydrogens is 312 g/mol. The highest BCUT2D eigenvalue weighted by molar-refractivity contribution is 5.91. The minimum absolute atomic E-state index is 0.0441. The number of hydrogen-bond donors (Lipinski definition) is 1. The Kier molecular flexibility index (Phi) is 6.01. The summed E-state index contributed by atoms with van der Waals surface area (Å²) in [5.74, 6) is -0.140. The van der Waals surface area contributed by atoms with Crippen LogP contribution in [-0.2, 0) is 29.1 Å². The number of benzene rings is 2. The standard InChI is InChI=1S/C21H22N2O2/c24-21(17-25-16-19-7-2-1-3-8-19)22-20-10-6-9-18(15-20)11-14-23-12-4-5-13-23/h1-10,12-13,15H,11,14,16-17H2,(H,22,24). The van der Waals surface area contributed by atoms with E-state index in [1.54, 1.807) is 0 Å². The quantitative estimate of drug-likeness (QED) is 0.679. The molecule has 0 radical (unpaired) electrons. The third kappa shape index (κ3) is 5.62. The maximum absolute atomic E-state index is 12.0. The Morgan fingerprint density at radius 2 is 1.68 bits per heavy atom. The lowest BCUT2D eigenvalue weighted by Crippen LogP contribution is -2.18. The van der Waals surface area contributed by atoms with Gasteiger partial charge in [0.15, 0.2) is 0 Å². The molecule has 2 aromatic carbocycles. The molecular formula is C21H22N2O2. The van der Waals surface area contributed by atoms with Crippen molar-refractivity contribution in [3.63, 3.8) is 0 Å². The number of hydrogen-bond acceptors (Lipinski definition) is 2. The van der Waals surface area contributed by atoms with E-state index in [-0.39, 0.29) is 12.5 Å². The third-order valence-corrected chi connectivity index (χ3v) is 3.88. The largest absolute Gasteiger partial charge is 0.367 e. The molecule has 1 aromatic heterocycles. The molecule has 25 heavy (non-hydrogen) atoms. The predicted octanol–water partition coefficient (Wildman–Crippen LogP) is 3.89. The fourth-order valence-corrected chi connectivity index (χ4v) is 2.61. The second kappa shape index (κ2) is 8.85. The van der Waals surface area contributed by atoms with Crippen molar-refractivity contribution in [1.29, 1.82) is 0 Å². The summed E-state index contributed by atoms with van der Waals surface area (Å²) >= 11 is 0. The van der Waals surface area contributed by atoms with Gasteiger partial charge in [-0.3, -0.25) is 4.79 Å². The SMILES string of the molecule is O=C(COCc1ccccc1)Nc1cccc(CCn2cccc2)c1. The summed E-state index contributed by atoms with van der Waals surface area (Å²) in [6, 6.07) is 21.8. The molecule has 0 bridgehead atoms. The molecule has 4 nitrogen and oxygen atoms in total. The molecule has 1 N–H and O–H groups in total. The number of rotatable bonds is 8. The van der Waals surface area contributed by atoms with Crippen molar-refractivity contribution in [2.45, 2.75) is 19.6 Å². The van der Waals surface area contributed by atoms with E-state index in [2.05, 4.69) is 28.3 Å². The molecule has 0 aliphatic rings. The highest BCUT2D eigenvalue weighted by Crippen LogP contribution is 2.12. The van der Waals surface area contributed by atoms with Gasteiger partial charge in [-0.15, -0.1) is 0 Å². The lowest BCUT2D eigenvalue weighted by atomic mass is 10.1. The van der Waals surface area contributed by atoms with E-state index in [1.165, 1.54) is 5.56 Å². The fourth-order valence-electron chi connectivity index (χ4n) is 2.61. The van der Waals surface area contributed by atoms with Crippen LogP contribution >= 0.6 is 0 Å². The number of amides is 1. The number of aryl methyl sites for hydroxylation is 2. The molecule has 128 valence electrons. The Balaban J connectivity index is 1.45. The normalized spacial score (nSPS) is 10.6. The van der Waals surface area contributed by atoms with Crippen molar-refractivity contribution < 1.29 is 9.53 Å². The van der Waals surface area contributed by atoms with Crippen LogP contribution in [0.3, 0.4) is 0 Å². The molecule has 0 spiro atoms. The number of aromatic nitrogens is 1. The first-order chi connectivity index (χ1) is 12.3. The monoisotopic (exact) mass is 334 g/mol. The number of carbonyl (C=O) groups is 1. The average molecular weight is 334 g/mol. The first-order valence-corrected chi connectivity index (χ1v) is 8.41. The highest BCUT2D eigenvalue weighted by atomic mass is 16.5. The molecule has 4 heteroatoms. The van der Waals surface area contributed by atoms with E-state index in [4.69, 9.17) is 4.74 Å². The van der Waals surface area contributed by atoms with Crippen LogP contribution in [-0.4, -0.2) is 17.1 Å². The molecule has 0 aliphatic heterocycles. The van der Waals surface area contributed by atoms with Crippen molar-refractivity contribution in [1.82, 2.24) is 4.57 Å². The summed E-state index contributed by atoms with van der Waals surface area (Å²) in [7, 11) is 0. The minimum atomic E-state index is -0.140. The predicted molar refractivity (Wildman–Crippen MR) is 99.3 cm³/mol. The van der Waals surface area contributed by atoms with Gasteiger partial charge in [0.05, 0.1) is 6.61 Å². The summed E-state index contributed by atoms with van der Waals surface area (Å²) in [5.41, 5.74) is 3.05. The Morgan fingerprint density at radius 1 is 0.920 bits per heavy atom. The van der Waals surface area contributed by atoms with Gasteiger partial charge in [0.1, 0.15) is 6.61 Å². The number of nitrogens with one attached hydrogen (secondary N) is 1. The zero-order chi connectivity index (χ0) is 17.3. The van der Waals surface area contributed by atoms with Crippen LogP contribution in [0.15, 0.2) is 79.1 Å². The van der Waals surface area contributed by atoms with Crippen LogP contribution in [0.2, 0.25) is 0 Å². The first-order valence-electron chi connectivity index (χ1n) is 8.41. The van der Waals surface area contributed by atoms with Gasteiger partial charge in [-0.25, -0.2) is 0 Å². The number of anilines is 1. The van der Waals surface area contributed by atoms with E-state index in [0.29, 0.717) is 6.61 Å². The van der Waals surface area contributed by atoms with Crippen LogP contribution in [0.4, 0.5) is 5.69 Å². The fraction of sp³-hybridized carbons (Fsp3) is 0.190. The second-order valence-corrected chi connectivity index (χ2v) is 5.90. The van der Waals surface area contributed by atoms with Gasteiger partial charge in [-0.1, -0.05) is 42.5 Å². The lowest BCUT2D eigenvalue weighted by molar-refractivity contribution is -0.121.